The number of hydrogen-bond acceptors (Lipinski definition) is 4. The molecule has 3 N–H and O–H groups in total. The van der Waals surface area contributed by atoms with Gasteiger partial charge in [0.2, 0.25) is 11.8 Å². The van der Waals surface area contributed by atoms with Gasteiger partial charge in [0.05, 0.1) is 24.9 Å². The summed E-state index contributed by atoms with van der Waals surface area (Å²) < 4.78 is 31.5. The van der Waals surface area contributed by atoms with Crippen LogP contribution in [0.1, 0.15) is 17.3 Å². The maximum absolute atomic E-state index is 13.5. The van der Waals surface area contributed by atoms with E-state index in [2.05, 4.69) is 16.0 Å². The third kappa shape index (κ3) is 5.50. The number of carbonyl (C=O) groups is 3. The van der Waals surface area contributed by atoms with Crippen LogP contribution < -0.4 is 20.7 Å². The Morgan fingerprint density at radius 1 is 1.04 bits per heavy atom. The molecule has 0 aliphatic carbocycles. The molecule has 0 bridgehead atoms. The van der Waals surface area contributed by atoms with Crippen molar-refractivity contribution >= 4 is 29.1 Å². The first-order valence-corrected chi connectivity index (χ1v) is 7.79. The van der Waals surface area contributed by atoms with Crippen LogP contribution in [0.5, 0.6) is 5.75 Å². The topological polar surface area (TPSA) is 96.5 Å². The molecule has 2 rings (SSSR count). The van der Waals surface area contributed by atoms with Gasteiger partial charge >= 0.3 is 0 Å². The van der Waals surface area contributed by atoms with Crippen LogP contribution in [-0.2, 0) is 9.59 Å². The van der Waals surface area contributed by atoms with Crippen molar-refractivity contribution in [2.45, 2.75) is 6.92 Å². The van der Waals surface area contributed by atoms with E-state index in [-0.39, 0.29) is 11.5 Å². The number of amides is 3. The van der Waals surface area contributed by atoms with Gasteiger partial charge in [-0.1, -0.05) is 0 Å². The number of ether oxygens (including phenoxy) is 1. The van der Waals surface area contributed by atoms with E-state index in [0.717, 1.165) is 12.1 Å². The van der Waals surface area contributed by atoms with Gasteiger partial charge in [-0.3, -0.25) is 14.4 Å². The smallest absolute Gasteiger partial charge is 0.254 e. The second-order valence-electron chi connectivity index (χ2n) is 5.45. The molecule has 7 nitrogen and oxygen atoms in total. The standard InChI is InChI=1S/C18H17F2N3O4/c1-10(24)22-15-8-12(4-6-16(15)27-2)23-17(25)9-21-18(26)13-5-3-11(19)7-14(13)20/h3-8H,9H2,1-2H3,(H,21,26)(H,22,24)(H,23,25). The lowest BCUT2D eigenvalue weighted by Gasteiger charge is -2.12. The van der Waals surface area contributed by atoms with E-state index < -0.39 is 30.0 Å². The SMILES string of the molecule is COc1ccc(NC(=O)CNC(=O)c2ccc(F)cc2F)cc1NC(C)=O. The van der Waals surface area contributed by atoms with Gasteiger partial charge in [-0.05, 0) is 30.3 Å². The summed E-state index contributed by atoms with van der Waals surface area (Å²) in [6.45, 7) is 0.895. The maximum Gasteiger partial charge on any atom is 0.254 e. The Labute approximate surface area is 153 Å². The third-order valence-corrected chi connectivity index (χ3v) is 3.38. The number of carbonyl (C=O) groups excluding carboxylic acids is 3. The van der Waals surface area contributed by atoms with Gasteiger partial charge in [0.15, 0.2) is 0 Å². The van der Waals surface area contributed by atoms with Gasteiger partial charge in [-0.2, -0.15) is 0 Å². The zero-order chi connectivity index (χ0) is 20.0. The van der Waals surface area contributed by atoms with E-state index in [1.165, 1.54) is 20.1 Å². The van der Waals surface area contributed by atoms with Crippen LogP contribution in [0.3, 0.4) is 0 Å². The van der Waals surface area contributed by atoms with Gasteiger partial charge in [0.25, 0.3) is 5.91 Å². The van der Waals surface area contributed by atoms with Crippen molar-refractivity contribution in [2.75, 3.05) is 24.3 Å². The molecule has 3 amide bonds. The summed E-state index contributed by atoms with van der Waals surface area (Å²) in [6.07, 6.45) is 0. The van der Waals surface area contributed by atoms with Gasteiger partial charge in [0, 0.05) is 18.7 Å². The number of halogens is 2. The molecule has 0 fully saturated rings. The summed E-state index contributed by atoms with van der Waals surface area (Å²) in [5.74, 6) is -3.17. The fourth-order valence-electron chi connectivity index (χ4n) is 2.21. The fourth-order valence-corrected chi connectivity index (χ4v) is 2.21. The number of rotatable bonds is 6. The Hall–Kier alpha value is -3.49. The number of nitrogens with one attached hydrogen (secondary N) is 3. The van der Waals surface area contributed by atoms with E-state index in [1.807, 2.05) is 0 Å². The van der Waals surface area contributed by atoms with Crippen molar-refractivity contribution in [1.29, 1.82) is 0 Å². The van der Waals surface area contributed by atoms with Crippen molar-refractivity contribution < 1.29 is 27.9 Å². The molecule has 0 radical (unpaired) electrons. The molecule has 142 valence electrons. The molecule has 0 aromatic heterocycles. The Bertz CT molecular complexity index is 887. The first-order chi connectivity index (χ1) is 12.8. The van der Waals surface area contributed by atoms with Gasteiger partial charge < -0.3 is 20.7 Å². The first-order valence-electron chi connectivity index (χ1n) is 7.79. The summed E-state index contributed by atoms with van der Waals surface area (Å²) >= 11 is 0. The summed E-state index contributed by atoms with van der Waals surface area (Å²) in [5, 5.41) is 7.33. The van der Waals surface area contributed by atoms with Crippen molar-refractivity contribution in [3.63, 3.8) is 0 Å². The monoisotopic (exact) mass is 377 g/mol. The van der Waals surface area contributed by atoms with Gasteiger partial charge in [-0.15, -0.1) is 0 Å². The molecule has 0 saturated heterocycles. The molecule has 0 atom stereocenters. The Balaban J connectivity index is 1.99. The number of hydrogen-bond donors (Lipinski definition) is 3. The highest BCUT2D eigenvalue weighted by molar-refractivity contribution is 6.00. The van der Waals surface area contributed by atoms with E-state index in [9.17, 15) is 23.2 Å². The molecule has 9 heteroatoms. The zero-order valence-corrected chi connectivity index (χ0v) is 14.6. The third-order valence-electron chi connectivity index (χ3n) is 3.38. The van der Waals surface area contributed by atoms with Crippen LogP contribution >= 0.6 is 0 Å². The lowest BCUT2D eigenvalue weighted by Crippen LogP contribution is -2.33. The molecule has 0 aliphatic heterocycles. The second kappa shape index (κ2) is 8.75. The Morgan fingerprint density at radius 3 is 2.41 bits per heavy atom. The Morgan fingerprint density at radius 2 is 1.78 bits per heavy atom. The lowest BCUT2D eigenvalue weighted by atomic mass is 10.2. The average Bonchev–Trinajstić information content (AvgIpc) is 2.59. The largest absolute Gasteiger partial charge is 0.495 e. The zero-order valence-electron chi connectivity index (χ0n) is 14.6. The van der Waals surface area contributed by atoms with E-state index >= 15 is 0 Å². The number of methoxy groups -OCH3 is 1. The normalized spacial score (nSPS) is 10.1. The molecule has 0 saturated carbocycles. The van der Waals surface area contributed by atoms with Gasteiger partial charge in [-0.25, -0.2) is 8.78 Å². The number of anilines is 2. The molecule has 0 spiro atoms. The van der Waals surface area contributed by atoms with Crippen LogP contribution in [0.4, 0.5) is 20.2 Å². The van der Waals surface area contributed by atoms with Crippen LogP contribution in [0, 0.1) is 11.6 Å². The van der Waals surface area contributed by atoms with Crippen LogP contribution in [0.25, 0.3) is 0 Å². The van der Waals surface area contributed by atoms with Crippen LogP contribution in [0.2, 0.25) is 0 Å². The predicted molar refractivity (Wildman–Crippen MR) is 94.6 cm³/mol. The summed E-state index contributed by atoms with van der Waals surface area (Å²) in [5.41, 5.74) is 0.341. The van der Waals surface area contributed by atoms with Crippen LogP contribution in [-0.4, -0.2) is 31.4 Å². The number of benzene rings is 2. The predicted octanol–water partition coefficient (Wildman–Crippen LogP) is 2.30. The quantitative estimate of drug-likeness (QED) is 0.720. The summed E-state index contributed by atoms with van der Waals surface area (Å²) in [7, 11) is 1.43. The summed E-state index contributed by atoms with van der Waals surface area (Å²) in [6, 6.07) is 7.09. The minimum atomic E-state index is -1.02. The molecular formula is C18H17F2N3O4. The van der Waals surface area contributed by atoms with Crippen molar-refractivity contribution in [2.24, 2.45) is 0 Å². The van der Waals surface area contributed by atoms with Crippen LogP contribution in [0.15, 0.2) is 36.4 Å². The molecule has 0 unspecified atom stereocenters. The molecule has 0 heterocycles. The Kier molecular flexibility index (Phi) is 6.42. The van der Waals surface area contributed by atoms with Crippen molar-refractivity contribution in [1.82, 2.24) is 5.32 Å². The highest BCUT2D eigenvalue weighted by Crippen LogP contribution is 2.27. The molecular weight excluding hydrogens is 360 g/mol. The second-order valence-corrected chi connectivity index (χ2v) is 5.45. The average molecular weight is 377 g/mol. The highest BCUT2D eigenvalue weighted by atomic mass is 19.1. The molecule has 2 aromatic rings. The van der Waals surface area contributed by atoms with E-state index in [1.54, 1.807) is 12.1 Å². The van der Waals surface area contributed by atoms with Crippen molar-refractivity contribution in [3.05, 3.63) is 53.6 Å². The maximum atomic E-state index is 13.5. The summed E-state index contributed by atoms with van der Waals surface area (Å²) in [4.78, 5) is 35.1. The minimum absolute atomic E-state index is 0.314. The molecule has 0 aliphatic rings. The first kappa shape index (κ1) is 19.8. The lowest BCUT2D eigenvalue weighted by molar-refractivity contribution is -0.115. The molecule has 2 aromatic carbocycles. The highest BCUT2D eigenvalue weighted by Gasteiger charge is 2.14. The van der Waals surface area contributed by atoms with E-state index in [4.69, 9.17) is 4.74 Å². The van der Waals surface area contributed by atoms with Gasteiger partial charge in [0.1, 0.15) is 17.4 Å². The fraction of sp³-hybridized carbons (Fsp3) is 0.167. The molecule has 27 heavy (non-hydrogen) atoms. The van der Waals surface area contributed by atoms with E-state index in [0.29, 0.717) is 23.2 Å². The van der Waals surface area contributed by atoms with Crippen molar-refractivity contribution in [3.8, 4) is 5.75 Å². The minimum Gasteiger partial charge on any atom is -0.495 e.